The second-order valence-corrected chi connectivity index (χ2v) is 15.2. The lowest BCUT2D eigenvalue weighted by atomic mass is 9.74. The average molecular weight is 704 g/mol. The van der Waals surface area contributed by atoms with E-state index in [0.29, 0.717) is 65.8 Å². The Morgan fingerprint density at radius 2 is 1.90 bits per heavy atom. The predicted molar refractivity (Wildman–Crippen MR) is 190 cm³/mol. The summed E-state index contributed by atoms with van der Waals surface area (Å²) in [5.41, 5.74) is -0.617. The molecule has 10 nitrogen and oxygen atoms in total. The summed E-state index contributed by atoms with van der Waals surface area (Å²) in [6.07, 6.45) is 9.48. The molecule has 1 saturated carbocycles. The minimum Gasteiger partial charge on any atom is -0.508 e. The van der Waals surface area contributed by atoms with Gasteiger partial charge in [0.15, 0.2) is 5.82 Å². The molecule has 5 heterocycles. The number of hydrogen-bond donors (Lipinski definition) is 2. The van der Waals surface area contributed by atoms with Crippen molar-refractivity contribution in [1.29, 1.82) is 0 Å². The number of piperidine rings is 1. The van der Waals surface area contributed by atoms with Crippen molar-refractivity contribution in [2.75, 3.05) is 57.6 Å². The number of halogens is 2. The molecule has 3 saturated heterocycles. The molecular weight excluding hydrogens is 656 g/mol. The smallest absolute Gasteiger partial charge is 0.319 e. The molecule has 2 N–H and O–H groups in total. The maximum atomic E-state index is 17.1. The summed E-state index contributed by atoms with van der Waals surface area (Å²) in [6, 6.07) is 6.74. The Morgan fingerprint density at radius 1 is 1.04 bits per heavy atom. The predicted octanol–water partition coefficient (Wildman–Crippen LogP) is 6.17. The van der Waals surface area contributed by atoms with E-state index < -0.39 is 17.2 Å². The van der Waals surface area contributed by atoms with Crippen LogP contribution in [-0.4, -0.2) is 100 Å². The number of aromatic hydroxyl groups is 1. The molecule has 2 aromatic heterocycles. The number of anilines is 1. The van der Waals surface area contributed by atoms with Gasteiger partial charge in [-0.25, -0.2) is 8.78 Å². The van der Waals surface area contributed by atoms with Crippen LogP contribution in [0.3, 0.4) is 0 Å². The highest BCUT2D eigenvalue weighted by Gasteiger charge is 2.50. The van der Waals surface area contributed by atoms with E-state index in [0.717, 1.165) is 64.7 Å². The molecule has 0 radical (unpaired) electrons. The summed E-state index contributed by atoms with van der Waals surface area (Å²) in [5, 5.41) is 23.2. The van der Waals surface area contributed by atoms with Crippen molar-refractivity contribution in [2.45, 2.75) is 82.9 Å². The minimum absolute atomic E-state index is 0.000787. The van der Waals surface area contributed by atoms with E-state index in [1.54, 1.807) is 19.1 Å². The van der Waals surface area contributed by atoms with Crippen molar-refractivity contribution < 1.29 is 33.2 Å². The third kappa shape index (κ3) is 6.38. The average Bonchev–Trinajstić information content (AvgIpc) is 3.48. The van der Waals surface area contributed by atoms with Crippen LogP contribution < -0.4 is 9.64 Å². The molecule has 12 heteroatoms. The first-order valence-corrected chi connectivity index (χ1v) is 18.5. The van der Waals surface area contributed by atoms with Crippen LogP contribution in [0.15, 0.2) is 30.5 Å². The molecule has 2 aromatic carbocycles. The fourth-order valence-electron chi connectivity index (χ4n) is 9.30. The molecule has 51 heavy (non-hydrogen) atoms. The Bertz CT molecular complexity index is 1940. The van der Waals surface area contributed by atoms with E-state index in [9.17, 15) is 10.2 Å². The van der Waals surface area contributed by atoms with Crippen LogP contribution in [-0.2, 0) is 15.9 Å². The fraction of sp³-hybridized carbons (Fsp3) is 0.564. The van der Waals surface area contributed by atoms with E-state index in [1.807, 2.05) is 11.8 Å². The fourth-order valence-corrected chi connectivity index (χ4v) is 9.30. The summed E-state index contributed by atoms with van der Waals surface area (Å²) in [7, 11) is 0. The molecule has 272 valence electrons. The third-order valence-electron chi connectivity index (χ3n) is 11.6. The number of rotatable bonds is 7. The van der Waals surface area contributed by atoms with Gasteiger partial charge in [0.25, 0.3) is 0 Å². The third-order valence-corrected chi connectivity index (χ3v) is 11.6. The lowest BCUT2D eigenvalue weighted by Crippen LogP contribution is -2.57. The Hall–Kier alpha value is -3.71. The van der Waals surface area contributed by atoms with Gasteiger partial charge in [-0.1, -0.05) is 19.4 Å². The molecule has 4 aliphatic rings. The van der Waals surface area contributed by atoms with Crippen LogP contribution in [0.2, 0.25) is 0 Å². The van der Waals surface area contributed by atoms with Crippen molar-refractivity contribution in [3.05, 3.63) is 47.7 Å². The number of β-amino-alcohol motifs (C(OH)–C–C–N with tert-alkyl or cyclic N) is 1. The Balaban J connectivity index is 1.22. The van der Waals surface area contributed by atoms with Crippen LogP contribution >= 0.6 is 0 Å². The number of aromatic nitrogens is 3. The molecule has 0 amide bonds. The van der Waals surface area contributed by atoms with Gasteiger partial charge in [-0.3, -0.25) is 9.88 Å². The first-order chi connectivity index (χ1) is 24.7. The maximum absolute atomic E-state index is 17.1. The number of likely N-dealkylation sites (tertiary alicyclic amines) is 1. The summed E-state index contributed by atoms with van der Waals surface area (Å²) in [6.45, 7) is 7.70. The Labute approximate surface area is 296 Å². The highest BCUT2D eigenvalue weighted by molar-refractivity contribution is 6.01. The van der Waals surface area contributed by atoms with Crippen LogP contribution in [0.1, 0.15) is 64.4 Å². The zero-order chi connectivity index (χ0) is 35.3. The van der Waals surface area contributed by atoms with Gasteiger partial charge in [-0.15, -0.1) is 0 Å². The van der Waals surface area contributed by atoms with Crippen LogP contribution in [0.5, 0.6) is 11.8 Å². The highest BCUT2D eigenvalue weighted by Crippen LogP contribution is 2.49. The molecule has 4 atom stereocenters. The van der Waals surface area contributed by atoms with Crippen LogP contribution in [0.25, 0.3) is 32.9 Å². The molecule has 4 fully saturated rings. The molecule has 0 bridgehead atoms. The molecule has 4 unspecified atom stereocenters. The van der Waals surface area contributed by atoms with Crippen molar-refractivity contribution in [3.63, 3.8) is 0 Å². The lowest BCUT2D eigenvalue weighted by Gasteiger charge is -2.49. The number of nitrogens with zero attached hydrogens (tertiary/aromatic N) is 5. The van der Waals surface area contributed by atoms with E-state index in [4.69, 9.17) is 24.2 Å². The second kappa shape index (κ2) is 13.7. The normalized spacial score (nSPS) is 27.5. The first-order valence-electron chi connectivity index (χ1n) is 18.5. The van der Waals surface area contributed by atoms with Gasteiger partial charge in [-0.05, 0) is 92.9 Å². The molecule has 0 spiro atoms. The number of benzene rings is 2. The zero-order valence-corrected chi connectivity index (χ0v) is 29.5. The molecule has 1 aliphatic carbocycles. The van der Waals surface area contributed by atoms with Gasteiger partial charge < -0.3 is 29.3 Å². The largest absolute Gasteiger partial charge is 0.508 e. The lowest BCUT2D eigenvalue weighted by molar-refractivity contribution is -0.0611. The quantitative estimate of drug-likeness (QED) is 0.232. The van der Waals surface area contributed by atoms with Gasteiger partial charge in [0, 0.05) is 42.4 Å². The highest BCUT2D eigenvalue weighted by atomic mass is 19.1. The Morgan fingerprint density at radius 3 is 2.73 bits per heavy atom. The topological polar surface area (TPSA) is 113 Å². The van der Waals surface area contributed by atoms with Crippen LogP contribution in [0, 0.1) is 17.0 Å². The second-order valence-electron chi connectivity index (χ2n) is 15.2. The number of phenolic OH excluding ortho intramolecular Hbond substituents is 1. The van der Waals surface area contributed by atoms with Crippen molar-refractivity contribution in [1.82, 2.24) is 19.9 Å². The molecule has 4 aromatic rings. The molecule has 3 aliphatic heterocycles. The summed E-state index contributed by atoms with van der Waals surface area (Å²) in [4.78, 5) is 18.7. The van der Waals surface area contributed by atoms with Gasteiger partial charge in [0.1, 0.15) is 34.2 Å². The number of phenols is 1. The van der Waals surface area contributed by atoms with E-state index in [2.05, 4.69) is 9.88 Å². The molecular formula is C39H47F2N5O5. The Kier molecular flexibility index (Phi) is 9.23. The number of ether oxygens (including phenoxy) is 3. The standard InChI is InChI=1S/C39H47F2N5O5/c1-3-27-30(40)10-9-24-17-26(47)18-28(32(24)27)34-33(41)35-29(19-42-34)36(45-14-16-50-22-38(2,48)21-45)44-37(43-35)51-23-39-11-4-8-31(39)46(13-6-12-39)25-7-5-15-49-20-25/h9-10,17-19,25,31,47-48H,3-8,11-16,20-23H2,1-2H3. The summed E-state index contributed by atoms with van der Waals surface area (Å²) >= 11 is 0. The number of hydrogen-bond acceptors (Lipinski definition) is 10. The molecule has 8 rings (SSSR count). The maximum Gasteiger partial charge on any atom is 0.319 e. The van der Waals surface area contributed by atoms with E-state index in [1.165, 1.54) is 18.3 Å². The van der Waals surface area contributed by atoms with Gasteiger partial charge in [0.05, 0.1) is 38.4 Å². The van der Waals surface area contributed by atoms with Gasteiger partial charge in [0.2, 0.25) is 0 Å². The van der Waals surface area contributed by atoms with Gasteiger partial charge >= 0.3 is 6.01 Å². The zero-order valence-electron chi connectivity index (χ0n) is 29.5. The van der Waals surface area contributed by atoms with Crippen molar-refractivity contribution >= 4 is 27.5 Å². The summed E-state index contributed by atoms with van der Waals surface area (Å²) < 4.78 is 50.3. The van der Waals surface area contributed by atoms with E-state index >= 15 is 8.78 Å². The van der Waals surface area contributed by atoms with Crippen molar-refractivity contribution in [3.8, 4) is 23.0 Å². The summed E-state index contributed by atoms with van der Waals surface area (Å²) in [5.74, 6) is -0.825. The van der Waals surface area contributed by atoms with Crippen LogP contribution in [0.4, 0.5) is 14.6 Å². The number of aliphatic hydroxyl groups is 1. The number of fused-ring (bicyclic) bond motifs is 3. The minimum atomic E-state index is -1.17. The monoisotopic (exact) mass is 703 g/mol. The van der Waals surface area contributed by atoms with Gasteiger partial charge in [-0.2, -0.15) is 9.97 Å². The SMILES string of the molecule is CCc1c(F)ccc2cc(O)cc(-c3ncc4c(N5CCOCC(C)(O)C5)nc(OCC56CCCC5N(C5CCCOC5)CCC6)nc4c3F)c12. The van der Waals surface area contributed by atoms with E-state index in [-0.39, 0.29) is 47.1 Å². The number of aryl methyl sites for hydroxylation is 1. The number of pyridine rings is 1. The van der Waals surface area contributed by atoms with Crippen molar-refractivity contribution in [2.24, 2.45) is 5.41 Å². The first kappa shape index (κ1) is 34.4.